The van der Waals surface area contributed by atoms with E-state index in [-0.39, 0.29) is 11.7 Å². The summed E-state index contributed by atoms with van der Waals surface area (Å²) in [6.45, 7) is 3.72. The van der Waals surface area contributed by atoms with Crippen LogP contribution in [0.15, 0.2) is 24.3 Å². The summed E-state index contributed by atoms with van der Waals surface area (Å²) in [4.78, 5) is 11.5. The number of aromatic nitrogens is 2. The molecule has 0 bridgehead atoms. The first-order chi connectivity index (χ1) is 8.13. The summed E-state index contributed by atoms with van der Waals surface area (Å²) in [6, 6.07) is 8.16. The van der Waals surface area contributed by atoms with E-state index < -0.39 is 0 Å². The maximum atomic E-state index is 11.5. The SMILES string of the molecule is CCC(Cc1nn(C)c2ccccc12)C(C)=O. The van der Waals surface area contributed by atoms with E-state index >= 15 is 0 Å². The van der Waals surface area contributed by atoms with Crippen LogP contribution in [-0.2, 0) is 18.3 Å². The Morgan fingerprint density at radius 1 is 1.41 bits per heavy atom. The number of nitrogens with zero attached hydrogens (tertiary/aromatic N) is 2. The third kappa shape index (κ3) is 2.23. The fraction of sp³-hybridized carbons (Fsp3) is 0.429. The van der Waals surface area contributed by atoms with Crippen LogP contribution in [0.2, 0.25) is 0 Å². The lowest BCUT2D eigenvalue weighted by Gasteiger charge is -2.08. The van der Waals surface area contributed by atoms with E-state index in [1.165, 1.54) is 0 Å². The molecule has 0 N–H and O–H groups in total. The normalized spacial score (nSPS) is 12.9. The topological polar surface area (TPSA) is 34.9 Å². The standard InChI is InChI=1S/C14H18N2O/c1-4-11(10(2)17)9-13-12-7-5-6-8-14(12)16(3)15-13/h5-8,11H,4,9H2,1-3H3. The molecule has 0 amide bonds. The molecule has 17 heavy (non-hydrogen) atoms. The Bertz CT molecular complexity index is 542. The molecule has 0 aliphatic carbocycles. The van der Waals surface area contributed by atoms with Gasteiger partial charge in [-0.25, -0.2) is 0 Å². The van der Waals surface area contributed by atoms with E-state index in [0.717, 1.165) is 29.4 Å². The van der Waals surface area contributed by atoms with Gasteiger partial charge >= 0.3 is 0 Å². The fourth-order valence-corrected chi connectivity index (χ4v) is 2.25. The molecule has 3 heteroatoms. The highest BCUT2D eigenvalue weighted by Gasteiger charge is 2.16. The van der Waals surface area contributed by atoms with Gasteiger partial charge in [0.25, 0.3) is 0 Å². The molecular weight excluding hydrogens is 212 g/mol. The van der Waals surface area contributed by atoms with Crippen molar-refractivity contribution >= 4 is 16.7 Å². The second kappa shape index (κ2) is 4.70. The van der Waals surface area contributed by atoms with Crippen molar-refractivity contribution in [3.8, 4) is 0 Å². The van der Waals surface area contributed by atoms with Crippen LogP contribution < -0.4 is 0 Å². The summed E-state index contributed by atoms with van der Waals surface area (Å²) in [5.41, 5.74) is 2.16. The highest BCUT2D eigenvalue weighted by Crippen LogP contribution is 2.21. The zero-order valence-electron chi connectivity index (χ0n) is 10.6. The van der Waals surface area contributed by atoms with Crippen molar-refractivity contribution in [3.63, 3.8) is 0 Å². The molecular formula is C14H18N2O. The molecule has 0 aliphatic rings. The number of ketones is 1. The first-order valence-electron chi connectivity index (χ1n) is 6.04. The quantitative estimate of drug-likeness (QED) is 0.809. The van der Waals surface area contributed by atoms with Crippen molar-refractivity contribution in [1.82, 2.24) is 9.78 Å². The van der Waals surface area contributed by atoms with Gasteiger partial charge in [-0.2, -0.15) is 5.10 Å². The number of hydrogen-bond acceptors (Lipinski definition) is 2. The Hall–Kier alpha value is -1.64. The molecule has 0 spiro atoms. The van der Waals surface area contributed by atoms with Crippen molar-refractivity contribution in [2.75, 3.05) is 0 Å². The Labute approximate surface area is 101 Å². The number of Topliss-reactive ketones (excluding diaryl/α,β-unsaturated/α-hetero) is 1. The van der Waals surface area contributed by atoms with Gasteiger partial charge in [0.15, 0.2) is 0 Å². The van der Waals surface area contributed by atoms with Crippen molar-refractivity contribution in [1.29, 1.82) is 0 Å². The van der Waals surface area contributed by atoms with Crippen LogP contribution in [0.1, 0.15) is 26.0 Å². The predicted octanol–water partition coefficient (Wildman–Crippen LogP) is 2.73. The lowest BCUT2D eigenvalue weighted by Crippen LogP contribution is -2.13. The van der Waals surface area contributed by atoms with Gasteiger partial charge in [0.05, 0.1) is 11.2 Å². The number of para-hydroxylation sites is 1. The summed E-state index contributed by atoms with van der Waals surface area (Å²) in [7, 11) is 1.94. The van der Waals surface area contributed by atoms with E-state index in [4.69, 9.17) is 0 Å². The number of fused-ring (bicyclic) bond motifs is 1. The van der Waals surface area contributed by atoms with Gasteiger partial charge in [-0.3, -0.25) is 9.48 Å². The summed E-state index contributed by atoms with van der Waals surface area (Å²) < 4.78 is 1.89. The van der Waals surface area contributed by atoms with E-state index in [9.17, 15) is 4.79 Å². The van der Waals surface area contributed by atoms with Gasteiger partial charge < -0.3 is 0 Å². The first-order valence-corrected chi connectivity index (χ1v) is 6.04. The van der Waals surface area contributed by atoms with E-state index in [0.29, 0.717) is 0 Å². The highest BCUT2D eigenvalue weighted by atomic mass is 16.1. The third-order valence-electron chi connectivity index (χ3n) is 3.34. The molecule has 0 aliphatic heterocycles. The van der Waals surface area contributed by atoms with E-state index in [1.54, 1.807) is 6.92 Å². The number of carbonyl (C=O) groups is 1. The minimum atomic E-state index is 0.0910. The van der Waals surface area contributed by atoms with Gasteiger partial charge in [-0.15, -0.1) is 0 Å². The second-order valence-electron chi connectivity index (χ2n) is 4.51. The van der Waals surface area contributed by atoms with Crippen LogP contribution in [0.4, 0.5) is 0 Å². The van der Waals surface area contributed by atoms with E-state index in [2.05, 4.69) is 24.2 Å². The maximum absolute atomic E-state index is 11.5. The average Bonchev–Trinajstić information content (AvgIpc) is 2.63. The van der Waals surface area contributed by atoms with Gasteiger partial charge in [-0.05, 0) is 19.4 Å². The molecule has 0 saturated heterocycles. The zero-order chi connectivity index (χ0) is 12.4. The average molecular weight is 230 g/mol. The van der Waals surface area contributed by atoms with Crippen LogP contribution in [0.25, 0.3) is 10.9 Å². The monoisotopic (exact) mass is 230 g/mol. The van der Waals surface area contributed by atoms with Gasteiger partial charge in [0.2, 0.25) is 0 Å². The van der Waals surface area contributed by atoms with Crippen molar-refractivity contribution in [3.05, 3.63) is 30.0 Å². The number of carbonyl (C=O) groups excluding carboxylic acids is 1. The molecule has 1 aromatic heterocycles. The Morgan fingerprint density at radius 3 is 2.76 bits per heavy atom. The fourth-order valence-electron chi connectivity index (χ4n) is 2.25. The summed E-state index contributed by atoms with van der Waals surface area (Å²) in [5.74, 6) is 0.343. The van der Waals surface area contributed by atoms with E-state index in [1.807, 2.05) is 23.9 Å². The van der Waals surface area contributed by atoms with Crippen LogP contribution in [0, 0.1) is 5.92 Å². The van der Waals surface area contributed by atoms with Gasteiger partial charge in [0.1, 0.15) is 5.78 Å². The lowest BCUT2D eigenvalue weighted by atomic mass is 9.95. The zero-order valence-corrected chi connectivity index (χ0v) is 10.6. The molecule has 2 aromatic rings. The molecule has 2 rings (SSSR count). The Balaban J connectivity index is 2.39. The van der Waals surface area contributed by atoms with Crippen LogP contribution in [-0.4, -0.2) is 15.6 Å². The number of rotatable bonds is 4. The van der Waals surface area contributed by atoms with Crippen LogP contribution in [0.3, 0.4) is 0 Å². The molecule has 0 fully saturated rings. The van der Waals surface area contributed by atoms with Gasteiger partial charge in [-0.1, -0.05) is 25.1 Å². The minimum absolute atomic E-state index is 0.0910. The summed E-state index contributed by atoms with van der Waals surface area (Å²) in [6.07, 6.45) is 1.62. The number of aryl methyl sites for hydroxylation is 1. The first kappa shape index (κ1) is 11.8. The third-order valence-corrected chi connectivity index (χ3v) is 3.34. The largest absolute Gasteiger partial charge is 0.300 e. The van der Waals surface area contributed by atoms with Crippen molar-refractivity contribution < 1.29 is 4.79 Å². The second-order valence-corrected chi connectivity index (χ2v) is 4.51. The molecule has 90 valence electrons. The molecule has 1 atom stereocenters. The van der Waals surface area contributed by atoms with Crippen LogP contribution in [0.5, 0.6) is 0 Å². The number of benzene rings is 1. The maximum Gasteiger partial charge on any atom is 0.133 e. The Morgan fingerprint density at radius 2 is 2.12 bits per heavy atom. The predicted molar refractivity (Wildman–Crippen MR) is 68.9 cm³/mol. The molecule has 3 nitrogen and oxygen atoms in total. The smallest absolute Gasteiger partial charge is 0.133 e. The lowest BCUT2D eigenvalue weighted by molar-refractivity contribution is -0.120. The molecule has 1 aromatic carbocycles. The van der Waals surface area contributed by atoms with Crippen molar-refractivity contribution in [2.24, 2.45) is 13.0 Å². The van der Waals surface area contributed by atoms with Crippen LogP contribution >= 0.6 is 0 Å². The summed E-state index contributed by atoms with van der Waals surface area (Å²) >= 11 is 0. The minimum Gasteiger partial charge on any atom is -0.300 e. The van der Waals surface area contributed by atoms with Gasteiger partial charge in [0, 0.05) is 24.8 Å². The highest BCUT2D eigenvalue weighted by molar-refractivity contribution is 5.83. The number of hydrogen-bond donors (Lipinski definition) is 0. The Kier molecular flexibility index (Phi) is 3.27. The van der Waals surface area contributed by atoms with Crippen molar-refractivity contribution in [2.45, 2.75) is 26.7 Å². The molecule has 1 unspecified atom stereocenters. The molecule has 0 saturated carbocycles. The molecule has 1 heterocycles. The molecule has 0 radical (unpaired) electrons. The summed E-state index contributed by atoms with van der Waals surface area (Å²) in [5, 5.41) is 5.69.